The molecule has 15 heavy (non-hydrogen) atoms. The maximum Gasteiger partial charge on any atom is 0.254 e. The summed E-state index contributed by atoms with van der Waals surface area (Å²) in [5.41, 5.74) is 0.282. The summed E-state index contributed by atoms with van der Waals surface area (Å²) >= 11 is 3.17. The van der Waals surface area contributed by atoms with E-state index in [1.54, 1.807) is 0 Å². The van der Waals surface area contributed by atoms with Gasteiger partial charge in [-0.15, -0.1) is 0 Å². The molecule has 0 aliphatic heterocycles. The second-order valence-corrected chi connectivity index (χ2v) is 4.09. The van der Waals surface area contributed by atoms with Gasteiger partial charge in [-0.25, -0.2) is 13.2 Å². The number of hydrogen-bond acceptors (Lipinski definition) is 1. The standard InChI is InChI=1S/C10H11BrF3N/c1-15-9(10(13)14)5-6-4-7(11)2-3-8(6)12/h2-4,9-10,15H,5H2,1H3. The van der Waals surface area contributed by atoms with Gasteiger partial charge in [-0.2, -0.15) is 0 Å². The minimum atomic E-state index is -2.51. The summed E-state index contributed by atoms with van der Waals surface area (Å²) in [6, 6.07) is 3.30. The van der Waals surface area contributed by atoms with Crippen LogP contribution in [0, 0.1) is 5.82 Å². The van der Waals surface area contributed by atoms with Gasteiger partial charge in [-0.05, 0) is 37.2 Å². The number of alkyl halides is 2. The maximum atomic E-state index is 13.2. The summed E-state index contributed by atoms with van der Waals surface area (Å²) in [5, 5.41) is 2.46. The molecule has 1 aromatic rings. The second kappa shape index (κ2) is 5.51. The summed E-state index contributed by atoms with van der Waals surface area (Å²) in [7, 11) is 1.44. The smallest absolute Gasteiger partial charge is 0.254 e. The van der Waals surface area contributed by atoms with Crippen LogP contribution >= 0.6 is 15.9 Å². The SMILES string of the molecule is CNC(Cc1cc(Br)ccc1F)C(F)F. The fourth-order valence-corrected chi connectivity index (χ4v) is 1.66. The quantitative estimate of drug-likeness (QED) is 0.895. The third-order valence-electron chi connectivity index (χ3n) is 2.12. The average molecular weight is 282 g/mol. The highest BCUT2D eigenvalue weighted by Gasteiger charge is 2.20. The van der Waals surface area contributed by atoms with Crippen molar-refractivity contribution in [3.05, 3.63) is 34.1 Å². The Balaban J connectivity index is 2.82. The Bertz CT molecular complexity index is 330. The van der Waals surface area contributed by atoms with Crippen LogP contribution in [0.5, 0.6) is 0 Å². The lowest BCUT2D eigenvalue weighted by atomic mass is 10.1. The van der Waals surface area contributed by atoms with Crippen LogP contribution in [0.25, 0.3) is 0 Å². The molecule has 1 rings (SSSR count). The normalized spacial score (nSPS) is 13.2. The lowest BCUT2D eigenvalue weighted by Gasteiger charge is -2.15. The van der Waals surface area contributed by atoms with Crippen molar-refractivity contribution < 1.29 is 13.2 Å². The summed E-state index contributed by atoms with van der Waals surface area (Å²) in [6.45, 7) is 0. The predicted molar refractivity (Wildman–Crippen MR) is 56.7 cm³/mol. The molecular formula is C10H11BrF3N. The van der Waals surface area contributed by atoms with E-state index in [0.717, 1.165) is 0 Å². The zero-order chi connectivity index (χ0) is 11.4. The van der Waals surface area contributed by atoms with Gasteiger partial charge in [0, 0.05) is 4.47 Å². The van der Waals surface area contributed by atoms with Gasteiger partial charge in [-0.1, -0.05) is 15.9 Å². The van der Waals surface area contributed by atoms with Crippen LogP contribution in [0.3, 0.4) is 0 Å². The summed E-state index contributed by atoms with van der Waals surface area (Å²) in [6.07, 6.45) is -2.53. The first-order valence-corrected chi connectivity index (χ1v) is 5.23. The van der Waals surface area contributed by atoms with Gasteiger partial charge in [-0.3, -0.25) is 0 Å². The van der Waals surface area contributed by atoms with E-state index in [9.17, 15) is 13.2 Å². The zero-order valence-corrected chi connectivity index (χ0v) is 9.69. The Morgan fingerprint density at radius 3 is 2.60 bits per heavy atom. The number of likely N-dealkylation sites (N-methyl/N-ethyl adjacent to an activating group) is 1. The molecule has 0 bridgehead atoms. The molecule has 0 aliphatic carbocycles. The Morgan fingerprint density at radius 1 is 1.40 bits per heavy atom. The topological polar surface area (TPSA) is 12.0 Å². The van der Waals surface area contributed by atoms with Crippen molar-refractivity contribution in [3.8, 4) is 0 Å². The molecule has 0 heterocycles. The number of rotatable bonds is 4. The molecule has 1 unspecified atom stereocenters. The van der Waals surface area contributed by atoms with Crippen molar-refractivity contribution in [2.75, 3.05) is 7.05 Å². The Kier molecular flexibility index (Phi) is 4.60. The minimum absolute atomic E-state index is 0.0283. The summed E-state index contributed by atoms with van der Waals surface area (Å²) < 4.78 is 38.8. The van der Waals surface area contributed by atoms with Gasteiger partial charge in [0.1, 0.15) is 5.82 Å². The first-order valence-electron chi connectivity index (χ1n) is 4.44. The molecule has 1 atom stereocenters. The Labute approximate surface area is 94.8 Å². The van der Waals surface area contributed by atoms with Crippen LogP contribution < -0.4 is 5.32 Å². The Morgan fingerprint density at radius 2 is 2.07 bits per heavy atom. The highest BCUT2D eigenvalue weighted by molar-refractivity contribution is 9.10. The summed E-state index contributed by atoms with van der Waals surface area (Å²) in [4.78, 5) is 0. The van der Waals surface area contributed by atoms with E-state index in [1.807, 2.05) is 0 Å². The number of nitrogens with one attached hydrogen (secondary N) is 1. The maximum absolute atomic E-state index is 13.2. The van der Waals surface area contributed by atoms with E-state index >= 15 is 0 Å². The fourth-order valence-electron chi connectivity index (χ4n) is 1.25. The molecule has 84 valence electrons. The monoisotopic (exact) mass is 281 g/mol. The molecule has 0 saturated heterocycles. The second-order valence-electron chi connectivity index (χ2n) is 3.17. The van der Waals surface area contributed by atoms with E-state index < -0.39 is 18.3 Å². The molecule has 1 N–H and O–H groups in total. The van der Waals surface area contributed by atoms with Gasteiger partial charge in [0.2, 0.25) is 0 Å². The number of benzene rings is 1. The van der Waals surface area contributed by atoms with Crippen molar-refractivity contribution in [2.45, 2.75) is 18.9 Å². The third-order valence-corrected chi connectivity index (χ3v) is 2.62. The molecule has 0 amide bonds. The van der Waals surface area contributed by atoms with Crippen molar-refractivity contribution in [1.82, 2.24) is 5.32 Å². The molecule has 1 aromatic carbocycles. The van der Waals surface area contributed by atoms with Gasteiger partial charge >= 0.3 is 0 Å². The van der Waals surface area contributed by atoms with Crippen LogP contribution in [0.4, 0.5) is 13.2 Å². The first-order chi connectivity index (χ1) is 7.04. The predicted octanol–water partition coefficient (Wildman–Crippen LogP) is 2.98. The molecule has 0 radical (unpaired) electrons. The Hall–Kier alpha value is -0.550. The molecule has 0 fully saturated rings. The highest BCUT2D eigenvalue weighted by Crippen LogP contribution is 2.18. The largest absolute Gasteiger partial charge is 0.312 e. The fraction of sp³-hybridized carbons (Fsp3) is 0.400. The lowest BCUT2D eigenvalue weighted by molar-refractivity contribution is 0.102. The molecule has 0 spiro atoms. The lowest BCUT2D eigenvalue weighted by Crippen LogP contribution is -2.34. The van der Waals surface area contributed by atoms with Crippen LogP contribution in [0.15, 0.2) is 22.7 Å². The van der Waals surface area contributed by atoms with Crippen LogP contribution in [-0.2, 0) is 6.42 Å². The van der Waals surface area contributed by atoms with Crippen molar-refractivity contribution in [2.24, 2.45) is 0 Å². The van der Waals surface area contributed by atoms with E-state index in [-0.39, 0.29) is 12.0 Å². The average Bonchev–Trinajstić information content (AvgIpc) is 2.18. The van der Waals surface area contributed by atoms with Crippen molar-refractivity contribution >= 4 is 15.9 Å². The molecule has 5 heteroatoms. The first kappa shape index (κ1) is 12.5. The molecule has 0 aromatic heterocycles. The third kappa shape index (κ3) is 3.50. The van der Waals surface area contributed by atoms with E-state index in [0.29, 0.717) is 4.47 Å². The van der Waals surface area contributed by atoms with Crippen LogP contribution in [0.2, 0.25) is 0 Å². The van der Waals surface area contributed by atoms with Gasteiger partial charge < -0.3 is 5.32 Å². The zero-order valence-electron chi connectivity index (χ0n) is 8.11. The van der Waals surface area contributed by atoms with E-state index in [2.05, 4.69) is 21.2 Å². The van der Waals surface area contributed by atoms with E-state index in [4.69, 9.17) is 0 Å². The van der Waals surface area contributed by atoms with Gasteiger partial charge in [0.15, 0.2) is 0 Å². The minimum Gasteiger partial charge on any atom is -0.312 e. The van der Waals surface area contributed by atoms with Gasteiger partial charge in [0.25, 0.3) is 6.43 Å². The molecule has 0 saturated carbocycles. The van der Waals surface area contributed by atoms with E-state index in [1.165, 1.54) is 25.2 Å². The number of hydrogen-bond donors (Lipinski definition) is 1. The number of halogens is 4. The van der Waals surface area contributed by atoms with Crippen molar-refractivity contribution in [3.63, 3.8) is 0 Å². The van der Waals surface area contributed by atoms with Gasteiger partial charge in [0.05, 0.1) is 6.04 Å². The highest BCUT2D eigenvalue weighted by atomic mass is 79.9. The summed E-state index contributed by atoms with van der Waals surface area (Å²) in [5.74, 6) is -0.459. The van der Waals surface area contributed by atoms with Crippen molar-refractivity contribution in [1.29, 1.82) is 0 Å². The molecular weight excluding hydrogens is 271 g/mol. The molecule has 1 nitrogen and oxygen atoms in total. The van der Waals surface area contributed by atoms with Crippen LogP contribution in [0.1, 0.15) is 5.56 Å². The molecule has 0 aliphatic rings. The van der Waals surface area contributed by atoms with Crippen LogP contribution in [-0.4, -0.2) is 19.5 Å².